The van der Waals surface area contributed by atoms with Gasteiger partial charge in [0, 0.05) is 11.6 Å². The molecule has 1 fully saturated rings. The Kier molecular flexibility index (Phi) is 3.19. The van der Waals surface area contributed by atoms with Crippen LogP contribution in [-0.2, 0) is 4.74 Å². The highest BCUT2D eigenvalue weighted by Gasteiger charge is 2.26. The zero-order valence-electron chi connectivity index (χ0n) is 11.0. The number of pyridine rings is 1. The largest absolute Gasteiger partial charge is 0.462 e. The molecule has 0 spiro atoms. The van der Waals surface area contributed by atoms with Gasteiger partial charge in [-0.25, -0.2) is 9.78 Å². The lowest BCUT2D eigenvalue weighted by atomic mass is 9.92. The van der Waals surface area contributed by atoms with E-state index < -0.39 is 0 Å². The average Bonchev–Trinajstić information content (AvgIpc) is 3.08. The van der Waals surface area contributed by atoms with Gasteiger partial charge < -0.3 is 4.74 Å². The Labute approximate surface area is 111 Å². The Balaban J connectivity index is 2.14. The van der Waals surface area contributed by atoms with Crippen molar-refractivity contribution in [2.24, 2.45) is 0 Å². The van der Waals surface area contributed by atoms with Gasteiger partial charge in [-0.3, -0.25) is 5.10 Å². The molecule has 3 rings (SSSR count). The van der Waals surface area contributed by atoms with Gasteiger partial charge in [0.05, 0.1) is 18.4 Å². The molecule has 100 valence electrons. The molecule has 1 aliphatic carbocycles. The molecule has 0 aromatic carbocycles. The summed E-state index contributed by atoms with van der Waals surface area (Å²) < 4.78 is 5.14. The first kappa shape index (κ1) is 12.1. The molecule has 5 nitrogen and oxygen atoms in total. The fourth-order valence-electron chi connectivity index (χ4n) is 2.94. The van der Waals surface area contributed by atoms with Crippen LogP contribution in [-0.4, -0.2) is 27.8 Å². The molecular weight excluding hydrogens is 242 g/mol. The van der Waals surface area contributed by atoms with Crippen LogP contribution in [0.1, 0.15) is 54.4 Å². The molecule has 1 aliphatic rings. The summed E-state index contributed by atoms with van der Waals surface area (Å²) in [5, 5.41) is 7.86. The van der Waals surface area contributed by atoms with E-state index >= 15 is 0 Å². The minimum absolute atomic E-state index is 0.278. The second kappa shape index (κ2) is 4.99. The van der Waals surface area contributed by atoms with Gasteiger partial charge in [0.1, 0.15) is 0 Å². The Morgan fingerprint density at radius 1 is 1.42 bits per heavy atom. The molecule has 1 saturated carbocycles. The van der Waals surface area contributed by atoms with Crippen molar-refractivity contribution in [2.75, 3.05) is 6.61 Å². The first-order chi connectivity index (χ1) is 9.31. The van der Waals surface area contributed by atoms with Gasteiger partial charge in [-0.1, -0.05) is 12.8 Å². The minimum atomic E-state index is -0.278. The van der Waals surface area contributed by atoms with Crippen LogP contribution < -0.4 is 0 Å². The number of ether oxygens (including phenoxy) is 1. The summed E-state index contributed by atoms with van der Waals surface area (Å²) >= 11 is 0. The SMILES string of the molecule is CCOC(=O)c1cnc2[nH]ncc2c1C1CCCC1. The second-order valence-corrected chi connectivity index (χ2v) is 4.92. The number of carbonyl (C=O) groups is 1. The van der Waals surface area contributed by atoms with Gasteiger partial charge in [0.25, 0.3) is 0 Å². The van der Waals surface area contributed by atoms with Gasteiger partial charge in [-0.15, -0.1) is 0 Å². The molecule has 5 heteroatoms. The molecule has 2 heterocycles. The minimum Gasteiger partial charge on any atom is -0.462 e. The van der Waals surface area contributed by atoms with E-state index in [9.17, 15) is 4.79 Å². The molecule has 0 bridgehead atoms. The van der Waals surface area contributed by atoms with E-state index in [1.807, 2.05) is 6.92 Å². The maximum atomic E-state index is 12.1. The lowest BCUT2D eigenvalue weighted by Gasteiger charge is -2.15. The normalized spacial score (nSPS) is 16.1. The van der Waals surface area contributed by atoms with Crippen molar-refractivity contribution in [3.63, 3.8) is 0 Å². The van der Waals surface area contributed by atoms with Gasteiger partial charge in [0.2, 0.25) is 0 Å². The van der Waals surface area contributed by atoms with Crippen molar-refractivity contribution < 1.29 is 9.53 Å². The van der Waals surface area contributed by atoms with Crippen LogP contribution >= 0.6 is 0 Å². The number of carbonyl (C=O) groups excluding carboxylic acids is 1. The quantitative estimate of drug-likeness (QED) is 0.860. The van der Waals surface area contributed by atoms with Crippen molar-refractivity contribution in [1.82, 2.24) is 15.2 Å². The molecule has 0 saturated heterocycles. The molecule has 1 N–H and O–H groups in total. The van der Waals surface area contributed by atoms with E-state index in [0.717, 1.165) is 29.4 Å². The highest BCUT2D eigenvalue weighted by molar-refractivity contribution is 5.96. The molecule has 0 radical (unpaired) electrons. The number of aromatic amines is 1. The predicted octanol–water partition coefficient (Wildman–Crippen LogP) is 2.79. The first-order valence-electron chi connectivity index (χ1n) is 6.80. The summed E-state index contributed by atoms with van der Waals surface area (Å²) in [6.45, 7) is 2.20. The zero-order valence-corrected chi connectivity index (χ0v) is 11.0. The third kappa shape index (κ3) is 2.09. The van der Waals surface area contributed by atoms with Gasteiger partial charge in [0.15, 0.2) is 5.65 Å². The molecular formula is C14H17N3O2. The highest BCUT2D eigenvalue weighted by atomic mass is 16.5. The topological polar surface area (TPSA) is 67.9 Å². The number of nitrogens with one attached hydrogen (secondary N) is 1. The number of fused-ring (bicyclic) bond motifs is 1. The molecule has 2 aromatic rings. The standard InChI is InChI=1S/C14H17N3O2/c1-2-19-14(18)11-7-15-13-10(8-16-17-13)12(11)9-5-3-4-6-9/h7-9H,2-6H2,1H3,(H,15,16,17). The summed E-state index contributed by atoms with van der Waals surface area (Å²) in [5.74, 6) is 0.141. The van der Waals surface area contributed by atoms with Gasteiger partial charge in [-0.2, -0.15) is 5.10 Å². The second-order valence-electron chi connectivity index (χ2n) is 4.92. The summed E-state index contributed by atoms with van der Waals surface area (Å²) in [4.78, 5) is 16.4. The lowest BCUT2D eigenvalue weighted by molar-refractivity contribution is 0.0524. The molecule has 0 atom stereocenters. The van der Waals surface area contributed by atoms with Crippen LogP contribution in [0.5, 0.6) is 0 Å². The van der Waals surface area contributed by atoms with Crippen LogP contribution in [0.4, 0.5) is 0 Å². The van der Waals surface area contributed by atoms with E-state index in [1.54, 1.807) is 12.4 Å². The van der Waals surface area contributed by atoms with E-state index in [0.29, 0.717) is 18.1 Å². The predicted molar refractivity (Wildman–Crippen MR) is 71.1 cm³/mol. The smallest absolute Gasteiger partial charge is 0.340 e. The molecule has 0 aliphatic heterocycles. The lowest BCUT2D eigenvalue weighted by Crippen LogP contribution is -2.11. The van der Waals surface area contributed by atoms with E-state index in [2.05, 4.69) is 15.2 Å². The molecule has 0 amide bonds. The highest BCUT2D eigenvalue weighted by Crippen LogP contribution is 2.38. The fourth-order valence-corrected chi connectivity index (χ4v) is 2.94. The number of esters is 1. The van der Waals surface area contributed by atoms with Crippen LogP contribution in [0.15, 0.2) is 12.4 Å². The molecule has 2 aromatic heterocycles. The third-order valence-corrected chi connectivity index (χ3v) is 3.78. The van der Waals surface area contributed by atoms with Crippen molar-refractivity contribution in [3.05, 3.63) is 23.5 Å². The summed E-state index contributed by atoms with van der Waals surface area (Å²) in [7, 11) is 0. The maximum absolute atomic E-state index is 12.1. The van der Waals surface area contributed by atoms with Crippen LogP contribution in [0.25, 0.3) is 11.0 Å². The Morgan fingerprint density at radius 3 is 2.95 bits per heavy atom. The number of hydrogen-bond donors (Lipinski definition) is 1. The summed E-state index contributed by atoms with van der Waals surface area (Å²) in [6.07, 6.45) is 8.06. The zero-order chi connectivity index (χ0) is 13.2. The molecule has 0 unspecified atom stereocenters. The van der Waals surface area contributed by atoms with Crippen LogP contribution in [0.2, 0.25) is 0 Å². The van der Waals surface area contributed by atoms with Crippen molar-refractivity contribution in [2.45, 2.75) is 38.5 Å². The fraction of sp³-hybridized carbons (Fsp3) is 0.500. The van der Waals surface area contributed by atoms with Crippen LogP contribution in [0, 0.1) is 0 Å². The summed E-state index contributed by atoms with van der Waals surface area (Å²) in [5.41, 5.74) is 2.41. The number of aromatic nitrogens is 3. The van der Waals surface area contributed by atoms with Crippen molar-refractivity contribution in [1.29, 1.82) is 0 Å². The number of H-pyrrole nitrogens is 1. The van der Waals surface area contributed by atoms with E-state index in [4.69, 9.17) is 4.74 Å². The van der Waals surface area contributed by atoms with E-state index in [-0.39, 0.29) is 5.97 Å². The molecule has 19 heavy (non-hydrogen) atoms. The van der Waals surface area contributed by atoms with Gasteiger partial charge in [-0.05, 0) is 31.2 Å². The van der Waals surface area contributed by atoms with Crippen LogP contribution in [0.3, 0.4) is 0 Å². The number of hydrogen-bond acceptors (Lipinski definition) is 4. The maximum Gasteiger partial charge on any atom is 0.340 e. The Bertz CT molecular complexity index is 600. The number of nitrogens with zero attached hydrogens (tertiary/aromatic N) is 2. The van der Waals surface area contributed by atoms with Gasteiger partial charge >= 0.3 is 5.97 Å². The average molecular weight is 259 g/mol. The third-order valence-electron chi connectivity index (χ3n) is 3.78. The monoisotopic (exact) mass is 259 g/mol. The Hall–Kier alpha value is -1.91. The first-order valence-corrected chi connectivity index (χ1v) is 6.80. The Morgan fingerprint density at radius 2 is 2.21 bits per heavy atom. The van der Waals surface area contributed by atoms with E-state index in [1.165, 1.54) is 12.8 Å². The van der Waals surface area contributed by atoms with Crippen molar-refractivity contribution in [3.8, 4) is 0 Å². The van der Waals surface area contributed by atoms with Crippen molar-refractivity contribution >= 4 is 17.0 Å². The summed E-state index contributed by atoms with van der Waals surface area (Å²) in [6, 6.07) is 0. The number of rotatable bonds is 3.